The van der Waals surface area contributed by atoms with Crippen LogP contribution in [0.2, 0.25) is 0 Å². The van der Waals surface area contributed by atoms with Gasteiger partial charge >= 0.3 is 21.6 Å². The van der Waals surface area contributed by atoms with Crippen molar-refractivity contribution in [1.29, 1.82) is 0 Å². The van der Waals surface area contributed by atoms with Gasteiger partial charge in [0.25, 0.3) is 5.91 Å². The van der Waals surface area contributed by atoms with Gasteiger partial charge in [-0.15, -0.1) is 5.53 Å². The zero-order chi connectivity index (χ0) is 56.6. The number of amides is 1. The fraction of sp³-hybridized carbons (Fsp3) is 0.549. The lowest BCUT2D eigenvalue weighted by Gasteiger charge is -2.26. The molecule has 0 spiro atoms. The number of nitrogens with one attached hydrogen (secondary N) is 3. The smallest absolute Gasteiger partial charge is 0.472 e. The molecule has 26 nitrogen and oxygen atoms in total. The van der Waals surface area contributed by atoms with Crippen molar-refractivity contribution >= 4 is 38.5 Å². The third-order valence-corrected chi connectivity index (χ3v) is 16.0. The minimum Gasteiger partial charge on any atom is -0.508 e. The number of hydrogen-bond donors (Lipinski definition) is 8. The molecule has 5 heterocycles. The quantitative estimate of drug-likeness (QED) is 0.0223. The fourth-order valence-electron chi connectivity index (χ4n) is 9.58. The van der Waals surface area contributed by atoms with Crippen LogP contribution >= 0.6 is 15.6 Å². The second-order valence-corrected chi connectivity index (χ2v) is 22.4. The number of aliphatic hydroxyl groups is 1. The van der Waals surface area contributed by atoms with Crippen molar-refractivity contribution in [2.24, 2.45) is 11.8 Å². The van der Waals surface area contributed by atoms with Crippen LogP contribution in [0.1, 0.15) is 61.8 Å². The zero-order valence-electron chi connectivity index (χ0n) is 44.1. The molecule has 8 N–H and O–H groups in total. The third-order valence-electron chi connectivity index (χ3n) is 14.1. The molecule has 13 atom stereocenters. The number of carbonyl (C=O) groups is 2. The lowest BCUT2D eigenvalue weighted by molar-refractivity contribution is -0.0386. The Morgan fingerprint density at radius 1 is 0.772 bits per heavy atom. The van der Waals surface area contributed by atoms with E-state index in [-0.39, 0.29) is 84.2 Å². The number of phosphoric acid groups is 2. The van der Waals surface area contributed by atoms with Crippen molar-refractivity contribution in [3.63, 3.8) is 0 Å². The molecule has 4 unspecified atom stereocenters. The van der Waals surface area contributed by atoms with E-state index >= 15 is 0 Å². The van der Waals surface area contributed by atoms with Crippen molar-refractivity contribution in [3.05, 3.63) is 88.0 Å². The summed E-state index contributed by atoms with van der Waals surface area (Å²) in [6.07, 6.45) is -3.98. The minimum atomic E-state index is -4.71. The number of carboxylic acids is 1. The van der Waals surface area contributed by atoms with Crippen molar-refractivity contribution in [2.75, 3.05) is 72.6 Å². The summed E-state index contributed by atoms with van der Waals surface area (Å²) < 4.78 is 94.1. The number of fused-ring (bicyclic) bond motifs is 2. The maximum absolute atomic E-state index is 13.2. The number of ether oxygens (including phenoxy) is 7. The molecule has 28 heteroatoms. The predicted molar refractivity (Wildman–Crippen MR) is 278 cm³/mol. The summed E-state index contributed by atoms with van der Waals surface area (Å²) in [6.45, 7) is 9.90. The number of carbonyl (C=O) groups excluding carboxylic acids is 1. The monoisotopic (exact) mass is 1150 g/mol. The van der Waals surface area contributed by atoms with E-state index in [2.05, 4.69) is 16.3 Å². The van der Waals surface area contributed by atoms with E-state index < -0.39 is 95.5 Å². The van der Waals surface area contributed by atoms with Gasteiger partial charge in [0.1, 0.15) is 47.6 Å². The van der Waals surface area contributed by atoms with E-state index in [4.69, 9.17) is 55.7 Å². The summed E-state index contributed by atoms with van der Waals surface area (Å²) in [5.41, 5.74) is 7.03. The highest BCUT2D eigenvalue weighted by Gasteiger charge is 2.48. The van der Waals surface area contributed by atoms with E-state index in [1.165, 1.54) is 48.5 Å². The minimum absolute atomic E-state index is 0.0767. The Bertz CT molecular complexity index is 2910. The first-order valence-electron chi connectivity index (χ1n) is 25.8. The van der Waals surface area contributed by atoms with Gasteiger partial charge in [-0.1, -0.05) is 13.8 Å². The number of nitrogens with zero attached hydrogens (tertiary/aromatic N) is 1. The molecule has 3 saturated heterocycles. The second-order valence-electron chi connectivity index (χ2n) is 19.6. The van der Waals surface area contributed by atoms with Gasteiger partial charge in [0.2, 0.25) is 5.88 Å². The van der Waals surface area contributed by atoms with E-state index in [0.717, 1.165) is 0 Å². The number of carboxylic acid groups (broad SMARTS) is 1. The highest BCUT2D eigenvalue weighted by atomic mass is 31.2. The molecule has 2 aromatic rings. The molecule has 434 valence electrons. The summed E-state index contributed by atoms with van der Waals surface area (Å²) in [4.78, 5) is 59.1. The highest BCUT2D eigenvalue weighted by molar-refractivity contribution is 7.47. The summed E-state index contributed by atoms with van der Waals surface area (Å²) in [6, 6.07) is 12.8. The largest absolute Gasteiger partial charge is 0.508 e. The zero-order valence-corrected chi connectivity index (χ0v) is 45.9. The van der Waals surface area contributed by atoms with Crippen molar-refractivity contribution in [3.8, 4) is 28.2 Å². The van der Waals surface area contributed by atoms with Gasteiger partial charge in [0.15, 0.2) is 5.43 Å². The first-order chi connectivity index (χ1) is 37.7. The van der Waals surface area contributed by atoms with Crippen LogP contribution in [0.5, 0.6) is 5.75 Å². The van der Waals surface area contributed by atoms with Crippen molar-refractivity contribution in [1.82, 2.24) is 21.3 Å². The van der Waals surface area contributed by atoms with Crippen LogP contribution in [0.3, 0.4) is 0 Å². The fourth-order valence-corrected chi connectivity index (χ4v) is 11.7. The van der Waals surface area contributed by atoms with Crippen LogP contribution in [0.4, 0.5) is 0 Å². The van der Waals surface area contributed by atoms with Gasteiger partial charge in [-0.05, 0) is 68.8 Å². The molecule has 1 amide bonds. The molecule has 2 aromatic carbocycles. The number of aliphatic hydroxyl groups excluding tert-OH is 1. The van der Waals surface area contributed by atoms with E-state index in [1.807, 2.05) is 0 Å². The number of hydrazine groups is 2. The first kappa shape index (κ1) is 60.0. The van der Waals surface area contributed by atoms with Gasteiger partial charge < -0.3 is 68.0 Å². The van der Waals surface area contributed by atoms with Gasteiger partial charge in [-0.25, -0.2) is 13.9 Å². The number of phenolic OH excluding ortho intramolecular Hbond substituents is 1. The highest BCUT2D eigenvalue weighted by Crippen LogP contribution is 2.52. The molecule has 79 heavy (non-hydrogen) atoms. The molecule has 8 rings (SSSR count). The molecule has 0 saturated carbocycles. The topological polar surface area (TPSA) is 340 Å². The molecular weight excluding hydrogens is 1080 g/mol. The molecule has 0 aromatic heterocycles. The van der Waals surface area contributed by atoms with Gasteiger partial charge in [0, 0.05) is 59.0 Å². The number of phosphoric ester groups is 2. The maximum atomic E-state index is 13.2. The number of rotatable bonds is 28. The number of aromatic hydroxyl groups is 1. The maximum Gasteiger partial charge on any atom is 0.472 e. The average molecular weight is 1150 g/mol. The number of aromatic carboxylic acids is 1. The Morgan fingerprint density at radius 2 is 1.43 bits per heavy atom. The molecule has 5 aliphatic heterocycles. The van der Waals surface area contributed by atoms with Crippen LogP contribution in [0, 0.1) is 11.8 Å². The third kappa shape index (κ3) is 15.5. The van der Waals surface area contributed by atoms with Crippen molar-refractivity contribution < 1.29 is 99.5 Å². The Hall–Kier alpha value is -5.09. The van der Waals surface area contributed by atoms with Gasteiger partial charge in [-0.3, -0.25) is 38.1 Å². The van der Waals surface area contributed by atoms with E-state index in [1.54, 1.807) is 51.9 Å². The summed E-state index contributed by atoms with van der Waals surface area (Å²) >= 11 is 0. The van der Waals surface area contributed by atoms with Crippen LogP contribution in [0.25, 0.3) is 33.4 Å². The van der Waals surface area contributed by atoms with Crippen LogP contribution in [0.15, 0.2) is 75.9 Å². The average Bonchev–Trinajstić information content (AvgIpc) is 4.23. The summed E-state index contributed by atoms with van der Waals surface area (Å²) in [5, 5.41) is 34.9. The SMILES string of the molecule is C[C@@H]1O[C@H](COP(=O)(O)OC2[C@@H](COP(=O)(O)OC3[C@@H](CO)O[C@@H](C)[C@H]3C)O[C@@H](C)[C@H]2C)C[C@@H]1OC1=CN(CCOCCOCCOCCNC(=O)c2ccc(C(=O)O)c(-c3c4ccc(=O)cc-4oc4cc(O)ccc34)c2)NN1. The molecule has 0 bridgehead atoms. The Balaban J connectivity index is 0.684. The Labute approximate surface area is 454 Å². The number of hydrogen-bond acceptors (Lipinski definition) is 22. The van der Waals surface area contributed by atoms with Crippen LogP contribution < -0.4 is 21.7 Å². The molecule has 0 radical (unpaired) electrons. The Morgan fingerprint density at radius 3 is 2.13 bits per heavy atom. The summed E-state index contributed by atoms with van der Waals surface area (Å²) in [7, 11) is -9.40. The molecular formula is C51H68N4O22P2. The first-order valence-corrected chi connectivity index (χ1v) is 28.8. The van der Waals surface area contributed by atoms with Gasteiger partial charge in [-0.2, -0.15) is 0 Å². The molecule has 3 fully saturated rings. The molecule has 6 aliphatic rings. The van der Waals surface area contributed by atoms with Gasteiger partial charge in [0.05, 0.1) is 102 Å². The normalized spacial score (nSPS) is 27.5. The molecule has 1 aliphatic carbocycles. The lowest BCUT2D eigenvalue weighted by atomic mass is 9.89. The van der Waals surface area contributed by atoms with Crippen molar-refractivity contribution in [2.45, 2.75) is 96.0 Å². The number of phenols is 1. The van der Waals surface area contributed by atoms with E-state index in [0.29, 0.717) is 55.2 Å². The van der Waals surface area contributed by atoms with Crippen LogP contribution in [-0.2, 0) is 60.4 Å². The number of benzene rings is 3. The predicted octanol–water partition coefficient (Wildman–Crippen LogP) is 4.28. The summed E-state index contributed by atoms with van der Waals surface area (Å²) in [5.74, 6) is -1.90. The second kappa shape index (κ2) is 26.7. The standard InChI is InChI=1S/C51H68N4O22P2/c1-28-30(3)72-44(25-56)48(28)76-79(64,65)70-27-45-49(29(2)31(4)73-45)77-78(62,63)69-26-36-23-41(32(5)71-36)75-46-24-55(54-53-46)13-15-67-17-19-68-18-16-66-14-12-52-50(59)33-6-9-37(51(60)61)40(20-33)47-38-10-7-34(57)21-42(38)74-43-22-35(58)8-11-39(43)47/h6-11,20-22,24,28-32,36,41,44-45,48-49,53-54,56-57H,12-19,23,25-27H2,1-5H3,(H,52,59)(H,60,61)(H,62,63)(H,64,65)/t28-,29-,30+,31+,32+,36+,41+,44-,45-,48?,49?/m1/s1. The van der Waals surface area contributed by atoms with Crippen LogP contribution in [-0.4, -0.2) is 169 Å². The van der Waals surface area contributed by atoms with E-state index in [9.17, 15) is 48.6 Å². The Kier molecular flexibility index (Phi) is 20.3. The lowest BCUT2D eigenvalue weighted by Crippen LogP contribution is -2.39.